The highest BCUT2D eigenvalue weighted by Gasteiger charge is 2.09. The minimum Gasteiger partial charge on any atom is -0.240 e. The summed E-state index contributed by atoms with van der Waals surface area (Å²) in [7, 11) is 0. The molecule has 0 spiro atoms. The summed E-state index contributed by atoms with van der Waals surface area (Å²) >= 11 is 1.61. The lowest BCUT2D eigenvalue weighted by Crippen LogP contribution is -1.91. The lowest BCUT2D eigenvalue weighted by Gasteiger charge is -2.09. The van der Waals surface area contributed by atoms with Crippen molar-refractivity contribution in [3.8, 4) is 16.6 Å². The van der Waals surface area contributed by atoms with Gasteiger partial charge in [0.15, 0.2) is 0 Å². The zero-order chi connectivity index (χ0) is 13.1. The Morgan fingerprint density at radius 2 is 2.17 bits per heavy atom. The molecule has 1 heterocycles. The lowest BCUT2D eigenvalue weighted by molar-refractivity contribution is 0.866. The summed E-state index contributed by atoms with van der Waals surface area (Å²) in [6.45, 7) is 6.49. The maximum absolute atomic E-state index is 8.69. The molecular formula is C15H16N2S. The summed E-state index contributed by atoms with van der Waals surface area (Å²) in [6, 6.07) is 8.68. The summed E-state index contributed by atoms with van der Waals surface area (Å²) in [5.41, 5.74) is 4.62. The molecule has 0 radical (unpaired) electrons. The second kappa shape index (κ2) is 5.32. The minimum atomic E-state index is 0.388. The normalized spacial score (nSPS) is 10.6. The molecule has 2 aromatic rings. The highest BCUT2D eigenvalue weighted by Crippen LogP contribution is 2.29. The molecule has 0 amide bonds. The SMILES string of the molecule is Cc1ccc(C(C)C)cc1-c1nc(CC#N)cs1. The molecule has 0 aliphatic carbocycles. The van der Waals surface area contributed by atoms with Crippen LogP contribution in [0.4, 0.5) is 0 Å². The van der Waals surface area contributed by atoms with Crippen molar-refractivity contribution in [3.05, 3.63) is 40.4 Å². The maximum atomic E-state index is 8.69. The van der Waals surface area contributed by atoms with Crippen LogP contribution in [-0.4, -0.2) is 4.98 Å². The molecule has 0 saturated carbocycles. The van der Waals surface area contributed by atoms with Crippen molar-refractivity contribution >= 4 is 11.3 Å². The van der Waals surface area contributed by atoms with Crippen LogP contribution < -0.4 is 0 Å². The predicted octanol–water partition coefficient (Wildman–Crippen LogP) is 4.31. The van der Waals surface area contributed by atoms with Crippen LogP contribution in [-0.2, 0) is 6.42 Å². The first kappa shape index (κ1) is 12.8. The number of nitrogens with zero attached hydrogens (tertiary/aromatic N) is 2. The Morgan fingerprint density at radius 1 is 1.39 bits per heavy atom. The van der Waals surface area contributed by atoms with E-state index in [0.717, 1.165) is 10.7 Å². The second-order valence-corrected chi connectivity index (χ2v) is 5.57. The van der Waals surface area contributed by atoms with E-state index in [4.69, 9.17) is 5.26 Å². The zero-order valence-electron chi connectivity index (χ0n) is 10.9. The molecule has 0 saturated heterocycles. The summed E-state index contributed by atoms with van der Waals surface area (Å²) < 4.78 is 0. The number of hydrogen-bond acceptors (Lipinski definition) is 3. The van der Waals surface area contributed by atoms with Crippen molar-refractivity contribution < 1.29 is 0 Å². The van der Waals surface area contributed by atoms with Gasteiger partial charge in [0, 0.05) is 10.9 Å². The predicted molar refractivity (Wildman–Crippen MR) is 75.7 cm³/mol. The molecule has 0 unspecified atom stereocenters. The van der Waals surface area contributed by atoms with E-state index in [1.54, 1.807) is 11.3 Å². The maximum Gasteiger partial charge on any atom is 0.123 e. The van der Waals surface area contributed by atoms with E-state index in [9.17, 15) is 0 Å². The number of benzene rings is 1. The third-order valence-corrected chi connectivity index (χ3v) is 3.90. The van der Waals surface area contributed by atoms with Gasteiger partial charge in [0.05, 0.1) is 18.2 Å². The summed E-state index contributed by atoms with van der Waals surface area (Å²) in [4.78, 5) is 4.53. The Morgan fingerprint density at radius 3 is 2.83 bits per heavy atom. The number of nitriles is 1. The number of aryl methyl sites for hydroxylation is 1. The number of hydrogen-bond donors (Lipinski definition) is 0. The fraction of sp³-hybridized carbons (Fsp3) is 0.333. The molecule has 18 heavy (non-hydrogen) atoms. The lowest BCUT2D eigenvalue weighted by atomic mass is 9.98. The average Bonchev–Trinajstić information content (AvgIpc) is 2.78. The van der Waals surface area contributed by atoms with Crippen molar-refractivity contribution in [1.82, 2.24) is 4.98 Å². The topological polar surface area (TPSA) is 36.7 Å². The van der Waals surface area contributed by atoms with Gasteiger partial charge in [-0.05, 0) is 30.0 Å². The van der Waals surface area contributed by atoms with Gasteiger partial charge < -0.3 is 0 Å². The van der Waals surface area contributed by atoms with Gasteiger partial charge in [0.1, 0.15) is 5.01 Å². The average molecular weight is 256 g/mol. The van der Waals surface area contributed by atoms with E-state index < -0.39 is 0 Å². The van der Waals surface area contributed by atoms with Gasteiger partial charge in [-0.15, -0.1) is 11.3 Å². The molecule has 0 fully saturated rings. The van der Waals surface area contributed by atoms with E-state index in [0.29, 0.717) is 12.3 Å². The second-order valence-electron chi connectivity index (χ2n) is 4.71. The molecule has 0 aliphatic heterocycles. The third-order valence-electron chi connectivity index (χ3n) is 2.97. The largest absolute Gasteiger partial charge is 0.240 e. The number of aromatic nitrogens is 1. The van der Waals surface area contributed by atoms with Crippen molar-refractivity contribution in [2.75, 3.05) is 0 Å². The first-order chi connectivity index (χ1) is 8.61. The van der Waals surface area contributed by atoms with E-state index >= 15 is 0 Å². The molecule has 1 aromatic carbocycles. The van der Waals surface area contributed by atoms with Gasteiger partial charge in [-0.25, -0.2) is 4.98 Å². The highest BCUT2D eigenvalue weighted by molar-refractivity contribution is 7.13. The zero-order valence-corrected chi connectivity index (χ0v) is 11.7. The molecule has 0 aliphatic rings. The molecule has 0 bridgehead atoms. The molecule has 1 aromatic heterocycles. The molecular weight excluding hydrogens is 240 g/mol. The molecule has 2 rings (SSSR count). The molecule has 92 valence electrons. The fourth-order valence-electron chi connectivity index (χ4n) is 1.82. The number of thiazole rings is 1. The van der Waals surface area contributed by atoms with Gasteiger partial charge in [-0.2, -0.15) is 5.26 Å². The Labute approximate surface area is 112 Å². The Balaban J connectivity index is 2.42. The minimum absolute atomic E-state index is 0.388. The van der Waals surface area contributed by atoms with E-state index in [1.165, 1.54) is 16.7 Å². The first-order valence-electron chi connectivity index (χ1n) is 6.04. The van der Waals surface area contributed by atoms with Crippen LogP contribution in [0.1, 0.15) is 36.6 Å². The van der Waals surface area contributed by atoms with Crippen LogP contribution in [0, 0.1) is 18.3 Å². The summed E-state index contributed by atoms with van der Waals surface area (Å²) in [5, 5.41) is 11.7. The van der Waals surface area contributed by atoms with Crippen LogP contribution in [0.25, 0.3) is 10.6 Å². The Bertz CT molecular complexity index is 591. The smallest absolute Gasteiger partial charge is 0.123 e. The van der Waals surface area contributed by atoms with Crippen LogP contribution in [0.15, 0.2) is 23.6 Å². The molecule has 3 heteroatoms. The van der Waals surface area contributed by atoms with Gasteiger partial charge in [0.2, 0.25) is 0 Å². The monoisotopic (exact) mass is 256 g/mol. The third kappa shape index (κ3) is 2.60. The van der Waals surface area contributed by atoms with E-state index in [1.807, 2.05) is 5.38 Å². The van der Waals surface area contributed by atoms with Crippen LogP contribution in [0.5, 0.6) is 0 Å². The van der Waals surface area contributed by atoms with Crippen molar-refractivity contribution in [2.24, 2.45) is 0 Å². The molecule has 0 N–H and O–H groups in total. The fourth-order valence-corrected chi connectivity index (χ4v) is 2.72. The molecule has 0 atom stereocenters. The van der Waals surface area contributed by atoms with Crippen LogP contribution in [0.2, 0.25) is 0 Å². The van der Waals surface area contributed by atoms with Crippen molar-refractivity contribution in [1.29, 1.82) is 5.26 Å². The number of rotatable bonds is 3. The highest BCUT2D eigenvalue weighted by atomic mass is 32.1. The van der Waals surface area contributed by atoms with E-state index in [-0.39, 0.29) is 0 Å². The summed E-state index contributed by atoms with van der Waals surface area (Å²) in [5.74, 6) is 0.517. The Kier molecular flexibility index (Phi) is 3.78. The van der Waals surface area contributed by atoms with Crippen LogP contribution >= 0.6 is 11.3 Å². The Hall–Kier alpha value is -1.66. The standard InChI is InChI=1S/C15H16N2S/c1-10(2)12-5-4-11(3)14(8-12)15-17-13(6-7-16)9-18-15/h4-5,8-10H,6H2,1-3H3. The van der Waals surface area contributed by atoms with Crippen molar-refractivity contribution in [3.63, 3.8) is 0 Å². The van der Waals surface area contributed by atoms with Gasteiger partial charge in [0.25, 0.3) is 0 Å². The summed E-state index contributed by atoms with van der Waals surface area (Å²) in [6.07, 6.45) is 0.388. The van der Waals surface area contributed by atoms with E-state index in [2.05, 4.69) is 50.0 Å². The van der Waals surface area contributed by atoms with Gasteiger partial charge in [-0.1, -0.05) is 26.0 Å². The quantitative estimate of drug-likeness (QED) is 0.820. The van der Waals surface area contributed by atoms with Crippen LogP contribution in [0.3, 0.4) is 0 Å². The van der Waals surface area contributed by atoms with Crippen molar-refractivity contribution in [2.45, 2.75) is 33.1 Å². The van der Waals surface area contributed by atoms with Gasteiger partial charge in [-0.3, -0.25) is 0 Å². The molecule has 2 nitrogen and oxygen atoms in total. The van der Waals surface area contributed by atoms with Gasteiger partial charge >= 0.3 is 0 Å². The first-order valence-corrected chi connectivity index (χ1v) is 6.92.